The normalized spacial score (nSPS) is 30.9. The number of amides is 1. The van der Waals surface area contributed by atoms with Crippen LogP contribution in [0.15, 0.2) is 12.2 Å². The molecule has 1 aliphatic carbocycles. The first-order valence-corrected chi connectivity index (χ1v) is 7.67. The van der Waals surface area contributed by atoms with E-state index in [9.17, 15) is 4.79 Å². The van der Waals surface area contributed by atoms with E-state index >= 15 is 0 Å². The van der Waals surface area contributed by atoms with Crippen molar-refractivity contribution in [3.8, 4) is 0 Å². The van der Waals surface area contributed by atoms with E-state index in [0.29, 0.717) is 6.61 Å². The summed E-state index contributed by atoms with van der Waals surface area (Å²) in [4.78, 5) is 11.9. The van der Waals surface area contributed by atoms with E-state index in [1.165, 1.54) is 0 Å². The van der Waals surface area contributed by atoms with Crippen molar-refractivity contribution < 1.29 is 14.3 Å². The van der Waals surface area contributed by atoms with Gasteiger partial charge in [-0.1, -0.05) is 12.2 Å². The van der Waals surface area contributed by atoms with Crippen molar-refractivity contribution in [3.63, 3.8) is 0 Å². The largest absolute Gasteiger partial charge is 0.444 e. The van der Waals surface area contributed by atoms with Crippen molar-refractivity contribution >= 4 is 6.09 Å². The average Bonchev–Trinajstić information content (AvgIpc) is 2.52. The smallest absolute Gasteiger partial charge is 0.407 e. The van der Waals surface area contributed by atoms with Crippen molar-refractivity contribution in [2.24, 2.45) is 0 Å². The Morgan fingerprint density at radius 3 is 2.90 bits per heavy atom. The van der Waals surface area contributed by atoms with E-state index in [-0.39, 0.29) is 17.7 Å². The summed E-state index contributed by atoms with van der Waals surface area (Å²) in [6, 6.07) is 0.164. The molecule has 0 saturated heterocycles. The van der Waals surface area contributed by atoms with Gasteiger partial charge in [0.05, 0.1) is 12.2 Å². The predicted octanol–water partition coefficient (Wildman–Crippen LogP) is 3.56. The highest BCUT2D eigenvalue weighted by atomic mass is 16.6. The molecule has 0 radical (unpaired) electrons. The van der Waals surface area contributed by atoms with Crippen molar-refractivity contribution in [3.05, 3.63) is 12.2 Å². The van der Waals surface area contributed by atoms with Gasteiger partial charge in [0.25, 0.3) is 0 Å². The molecule has 1 amide bonds. The summed E-state index contributed by atoms with van der Waals surface area (Å²) in [5.74, 6) is 0. The highest BCUT2D eigenvalue weighted by Gasteiger charge is 2.38. The van der Waals surface area contributed by atoms with Crippen molar-refractivity contribution in [2.45, 2.75) is 76.5 Å². The zero-order valence-corrected chi connectivity index (χ0v) is 12.9. The monoisotopic (exact) mass is 281 g/mol. The van der Waals surface area contributed by atoms with Crippen LogP contribution in [-0.2, 0) is 9.47 Å². The van der Waals surface area contributed by atoms with Crippen LogP contribution in [0.2, 0.25) is 0 Å². The molecule has 0 unspecified atom stereocenters. The molecule has 0 aromatic rings. The third-order valence-electron chi connectivity index (χ3n) is 3.94. The van der Waals surface area contributed by atoms with Gasteiger partial charge in [-0.3, -0.25) is 0 Å². The molecule has 1 fully saturated rings. The minimum absolute atomic E-state index is 0.0541. The fourth-order valence-electron chi connectivity index (χ4n) is 3.11. The number of ether oxygens (including phenoxy) is 2. The Kier molecular flexibility index (Phi) is 4.74. The first kappa shape index (κ1) is 15.4. The van der Waals surface area contributed by atoms with Crippen LogP contribution in [0.3, 0.4) is 0 Å². The van der Waals surface area contributed by atoms with E-state index in [4.69, 9.17) is 9.47 Å². The lowest BCUT2D eigenvalue weighted by Gasteiger charge is -2.40. The molecule has 0 aromatic carbocycles. The molecule has 2 aliphatic rings. The van der Waals surface area contributed by atoms with Gasteiger partial charge < -0.3 is 14.8 Å². The van der Waals surface area contributed by atoms with Gasteiger partial charge in [-0.05, 0) is 59.3 Å². The minimum Gasteiger partial charge on any atom is -0.444 e. The minimum atomic E-state index is -0.445. The summed E-state index contributed by atoms with van der Waals surface area (Å²) in [5, 5.41) is 3.01. The molecule has 2 rings (SSSR count). The Morgan fingerprint density at radius 2 is 2.15 bits per heavy atom. The van der Waals surface area contributed by atoms with Crippen LogP contribution in [0.4, 0.5) is 4.79 Å². The average molecular weight is 281 g/mol. The summed E-state index contributed by atoms with van der Waals surface area (Å²) >= 11 is 0. The third kappa shape index (κ3) is 4.51. The van der Waals surface area contributed by atoms with Gasteiger partial charge in [-0.2, -0.15) is 0 Å². The molecule has 4 heteroatoms. The molecule has 1 saturated carbocycles. The standard InChI is InChI=1S/C16H27NO3/c1-15(2,3)20-14(18)17-13-8-7-10-16(12-13)9-5-4-6-11-19-16/h4,6,13H,5,7-12H2,1-3H3,(H,17,18)/t13-,16+/m0/s1. The zero-order chi connectivity index (χ0) is 14.6. The molecule has 4 nitrogen and oxygen atoms in total. The van der Waals surface area contributed by atoms with Crippen LogP contribution >= 0.6 is 0 Å². The van der Waals surface area contributed by atoms with E-state index in [0.717, 1.165) is 38.5 Å². The number of hydrogen-bond acceptors (Lipinski definition) is 3. The summed E-state index contributed by atoms with van der Waals surface area (Å²) in [5.41, 5.74) is -0.499. The Bertz CT molecular complexity index is 360. The van der Waals surface area contributed by atoms with E-state index in [1.54, 1.807) is 0 Å². The van der Waals surface area contributed by atoms with Gasteiger partial charge in [0, 0.05) is 6.04 Å². The van der Waals surface area contributed by atoms with Crippen LogP contribution < -0.4 is 5.32 Å². The fourth-order valence-corrected chi connectivity index (χ4v) is 3.11. The summed E-state index contributed by atoms with van der Waals surface area (Å²) < 4.78 is 11.4. The molecule has 114 valence electrons. The van der Waals surface area contributed by atoms with Gasteiger partial charge >= 0.3 is 6.09 Å². The van der Waals surface area contributed by atoms with Crippen LogP contribution in [0.25, 0.3) is 0 Å². The number of nitrogens with one attached hydrogen (secondary N) is 1. The Labute approximate surface area is 121 Å². The summed E-state index contributed by atoms with van der Waals surface area (Å²) in [7, 11) is 0. The lowest BCUT2D eigenvalue weighted by Crippen LogP contribution is -2.48. The second-order valence-corrected chi connectivity index (χ2v) is 6.94. The lowest BCUT2D eigenvalue weighted by molar-refractivity contribution is -0.0673. The SMILES string of the molecule is CC(C)(C)OC(=O)N[C@H]1CCC[C@]2(CCC=CCO2)C1. The highest BCUT2D eigenvalue weighted by Crippen LogP contribution is 2.37. The Morgan fingerprint density at radius 1 is 1.35 bits per heavy atom. The number of carbonyl (C=O) groups is 1. The molecule has 1 heterocycles. The fraction of sp³-hybridized carbons (Fsp3) is 0.812. The maximum atomic E-state index is 11.9. The molecule has 1 N–H and O–H groups in total. The van der Waals surface area contributed by atoms with E-state index in [1.807, 2.05) is 20.8 Å². The second-order valence-electron chi connectivity index (χ2n) is 6.94. The second kappa shape index (κ2) is 6.17. The number of alkyl carbamates (subject to hydrolysis) is 1. The summed E-state index contributed by atoms with van der Waals surface area (Å²) in [6.07, 6.45) is 10.2. The Hall–Kier alpha value is -1.03. The van der Waals surface area contributed by atoms with Gasteiger partial charge in [0.15, 0.2) is 0 Å². The third-order valence-corrected chi connectivity index (χ3v) is 3.94. The van der Waals surface area contributed by atoms with Gasteiger partial charge in [-0.15, -0.1) is 0 Å². The van der Waals surface area contributed by atoms with Crippen LogP contribution in [0.1, 0.15) is 59.3 Å². The summed E-state index contributed by atoms with van der Waals surface area (Å²) in [6.45, 7) is 6.35. The number of hydrogen-bond donors (Lipinski definition) is 1. The number of carbonyl (C=O) groups excluding carboxylic acids is 1. The van der Waals surface area contributed by atoms with E-state index < -0.39 is 5.60 Å². The molecule has 1 spiro atoms. The zero-order valence-electron chi connectivity index (χ0n) is 12.9. The molecule has 2 atom stereocenters. The van der Waals surface area contributed by atoms with Crippen molar-refractivity contribution in [1.29, 1.82) is 0 Å². The first-order chi connectivity index (χ1) is 9.39. The van der Waals surface area contributed by atoms with Crippen LogP contribution in [0.5, 0.6) is 0 Å². The Balaban J connectivity index is 1.88. The first-order valence-electron chi connectivity index (χ1n) is 7.67. The number of allylic oxidation sites excluding steroid dienone is 1. The van der Waals surface area contributed by atoms with Crippen molar-refractivity contribution in [2.75, 3.05) is 6.61 Å². The molecular weight excluding hydrogens is 254 g/mol. The molecule has 20 heavy (non-hydrogen) atoms. The molecule has 0 bridgehead atoms. The van der Waals surface area contributed by atoms with Gasteiger partial charge in [0.1, 0.15) is 5.60 Å². The van der Waals surface area contributed by atoms with Gasteiger partial charge in [-0.25, -0.2) is 4.79 Å². The molecular formula is C16H27NO3. The van der Waals surface area contributed by atoms with Crippen LogP contribution in [-0.4, -0.2) is 29.9 Å². The molecule has 1 aliphatic heterocycles. The van der Waals surface area contributed by atoms with Crippen LogP contribution in [0, 0.1) is 0 Å². The van der Waals surface area contributed by atoms with Crippen molar-refractivity contribution in [1.82, 2.24) is 5.32 Å². The highest BCUT2D eigenvalue weighted by molar-refractivity contribution is 5.68. The quantitative estimate of drug-likeness (QED) is 0.748. The maximum absolute atomic E-state index is 11.9. The molecule has 0 aromatic heterocycles. The van der Waals surface area contributed by atoms with Gasteiger partial charge in [0.2, 0.25) is 0 Å². The predicted molar refractivity (Wildman–Crippen MR) is 78.7 cm³/mol. The lowest BCUT2D eigenvalue weighted by atomic mass is 9.79. The topological polar surface area (TPSA) is 47.6 Å². The number of rotatable bonds is 1. The van der Waals surface area contributed by atoms with E-state index in [2.05, 4.69) is 17.5 Å². The maximum Gasteiger partial charge on any atom is 0.407 e.